The minimum absolute atomic E-state index is 0.0639. The molecule has 0 aliphatic rings. The van der Waals surface area contributed by atoms with E-state index in [2.05, 4.69) is 16.6 Å². The van der Waals surface area contributed by atoms with Gasteiger partial charge in [-0.05, 0) is 6.42 Å². The molecule has 4 heteroatoms. The molecular formula is C6H11NO3. The molecule has 0 aromatic rings. The van der Waals surface area contributed by atoms with Crippen molar-refractivity contribution < 1.29 is 14.6 Å². The molecule has 0 atom stereocenters. The molecule has 0 radical (unpaired) electrons. The van der Waals surface area contributed by atoms with E-state index in [0.717, 1.165) is 6.26 Å². The van der Waals surface area contributed by atoms with E-state index in [1.165, 1.54) is 0 Å². The number of aliphatic hydroxyl groups is 1. The number of alkyl carbamates (subject to hydrolysis) is 1. The van der Waals surface area contributed by atoms with Gasteiger partial charge in [0.25, 0.3) is 0 Å². The van der Waals surface area contributed by atoms with Crippen LogP contribution in [0.15, 0.2) is 12.8 Å². The SMILES string of the molecule is C=COC(=O)NCCCO. The second-order valence-electron chi connectivity index (χ2n) is 1.58. The number of nitrogens with one attached hydrogen (secondary N) is 1. The van der Waals surface area contributed by atoms with Crippen molar-refractivity contribution in [3.05, 3.63) is 12.8 Å². The van der Waals surface area contributed by atoms with Crippen molar-refractivity contribution in [2.75, 3.05) is 13.2 Å². The first-order valence-electron chi connectivity index (χ1n) is 2.97. The van der Waals surface area contributed by atoms with Gasteiger partial charge in [-0.15, -0.1) is 0 Å². The maximum absolute atomic E-state index is 10.4. The zero-order chi connectivity index (χ0) is 7.82. The van der Waals surface area contributed by atoms with E-state index >= 15 is 0 Å². The molecule has 0 unspecified atom stereocenters. The Morgan fingerprint density at radius 1 is 1.80 bits per heavy atom. The lowest BCUT2D eigenvalue weighted by molar-refractivity contribution is 0.184. The van der Waals surface area contributed by atoms with E-state index in [4.69, 9.17) is 5.11 Å². The number of carbonyl (C=O) groups is 1. The minimum atomic E-state index is -0.538. The van der Waals surface area contributed by atoms with Crippen molar-refractivity contribution in [3.63, 3.8) is 0 Å². The van der Waals surface area contributed by atoms with Gasteiger partial charge in [0, 0.05) is 13.2 Å². The van der Waals surface area contributed by atoms with E-state index in [-0.39, 0.29) is 6.61 Å². The lowest BCUT2D eigenvalue weighted by Crippen LogP contribution is -2.24. The number of carbonyl (C=O) groups excluding carboxylic acids is 1. The molecule has 0 fully saturated rings. The normalized spacial score (nSPS) is 8.50. The van der Waals surface area contributed by atoms with Crippen LogP contribution in [-0.4, -0.2) is 24.4 Å². The number of hydrogen-bond donors (Lipinski definition) is 2. The Bertz CT molecular complexity index is 114. The molecule has 0 heterocycles. The van der Waals surface area contributed by atoms with Crippen LogP contribution < -0.4 is 5.32 Å². The molecule has 2 N–H and O–H groups in total. The zero-order valence-electron chi connectivity index (χ0n) is 5.67. The molecule has 1 amide bonds. The highest BCUT2D eigenvalue weighted by atomic mass is 16.5. The molecule has 10 heavy (non-hydrogen) atoms. The molecule has 0 saturated carbocycles. The Hall–Kier alpha value is -1.03. The molecule has 0 bridgehead atoms. The van der Waals surface area contributed by atoms with E-state index in [1.54, 1.807) is 0 Å². The first kappa shape index (κ1) is 8.97. The molecule has 0 rings (SSSR count). The highest BCUT2D eigenvalue weighted by molar-refractivity contribution is 5.67. The molecule has 0 aromatic heterocycles. The highest BCUT2D eigenvalue weighted by Gasteiger charge is 1.95. The molecule has 0 aromatic carbocycles. The standard InChI is InChI=1S/C6H11NO3/c1-2-10-6(9)7-4-3-5-8/h2,8H,1,3-5H2,(H,7,9). The third-order valence-electron chi connectivity index (χ3n) is 0.795. The van der Waals surface area contributed by atoms with Gasteiger partial charge in [-0.25, -0.2) is 4.79 Å². The Morgan fingerprint density at radius 3 is 3.00 bits per heavy atom. The summed E-state index contributed by atoms with van der Waals surface area (Å²) < 4.78 is 4.32. The van der Waals surface area contributed by atoms with Crippen LogP contribution in [0.25, 0.3) is 0 Å². The molecule has 0 aliphatic heterocycles. The van der Waals surface area contributed by atoms with E-state index in [0.29, 0.717) is 13.0 Å². The Balaban J connectivity index is 3.13. The van der Waals surface area contributed by atoms with Crippen LogP contribution in [-0.2, 0) is 4.74 Å². The second-order valence-corrected chi connectivity index (χ2v) is 1.58. The van der Waals surface area contributed by atoms with Crippen LogP contribution >= 0.6 is 0 Å². The first-order chi connectivity index (χ1) is 4.81. The molecule has 0 spiro atoms. The lowest BCUT2D eigenvalue weighted by Gasteiger charge is -2.00. The Morgan fingerprint density at radius 2 is 2.50 bits per heavy atom. The van der Waals surface area contributed by atoms with Gasteiger partial charge < -0.3 is 15.2 Å². The van der Waals surface area contributed by atoms with Gasteiger partial charge >= 0.3 is 6.09 Å². The fourth-order valence-corrected chi connectivity index (χ4v) is 0.387. The monoisotopic (exact) mass is 145 g/mol. The minimum Gasteiger partial charge on any atom is -0.419 e. The fraction of sp³-hybridized carbons (Fsp3) is 0.500. The topological polar surface area (TPSA) is 58.6 Å². The van der Waals surface area contributed by atoms with Crippen LogP contribution in [0.1, 0.15) is 6.42 Å². The summed E-state index contributed by atoms with van der Waals surface area (Å²) in [5, 5.41) is 10.7. The van der Waals surface area contributed by atoms with Crippen molar-refractivity contribution in [2.45, 2.75) is 6.42 Å². The van der Waals surface area contributed by atoms with Crippen LogP contribution in [0.4, 0.5) is 4.79 Å². The Kier molecular flexibility index (Phi) is 5.47. The van der Waals surface area contributed by atoms with Gasteiger partial charge in [0.15, 0.2) is 0 Å². The molecule has 0 aliphatic carbocycles. The largest absolute Gasteiger partial charge is 0.419 e. The third-order valence-corrected chi connectivity index (χ3v) is 0.795. The van der Waals surface area contributed by atoms with Gasteiger partial charge in [-0.2, -0.15) is 0 Å². The molecule has 4 nitrogen and oxygen atoms in total. The summed E-state index contributed by atoms with van der Waals surface area (Å²) in [6, 6.07) is 0. The fourth-order valence-electron chi connectivity index (χ4n) is 0.387. The van der Waals surface area contributed by atoms with Crippen molar-refractivity contribution >= 4 is 6.09 Å². The summed E-state index contributed by atoms with van der Waals surface area (Å²) in [7, 11) is 0. The van der Waals surface area contributed by atoms with Crippen molar-refractivity contribution in [1.29, 1.82) is 0 Å². The van der Waals surface area contributed by atoms with Crippen molar-refractivity contribution in [1.82, 2.24) is 5.32 Å². The maximum Gasteiger partial charge on any atom is 0.411 e. The number of hydrogen-bond acceptors (Lipinski definition) is 3. The summed E-state index contributed by atoms with van der Waals surface area (Å²) in [6.07, 6.45) is 1.05. The van der Waals surface area contributed by atoms with Gasteiger partial charge in [0.1, 0.15) is 0 Å². The summed E-state index contributed by atoms with van der Waals surface area (Å²) >= 11 is 0. The number of rotatable bonds is 4. The highest BCUT2D eigenvalue weighted by Crippen LogP contribution is 1.77. The van der Waals surface area contributed by atoms with Gasteiger partial charge in [0.2, 0.25) is 0 Å². The summed E-state index contributed by atoms with van der Waals surface area (Å²) in [5.74, 6) is 0. The van der Waals surface area contributed by atoms with Gasteiger partial charge in [-0.1, -0.05) is 6.58 Å². The first-order valence-corrected chi connectivity index (χ1v) is 2.97. The third kappa shape index (κ3) is 5.11. The van der Waals surface area contributed by atoms with Crippen molar-refractivity contribution in [2.24, 2.45) is 0 Å². The smallest absolute Gasteiger partial charge is 0.411 e. The van der Waals surface area contributed by atoms with Crippen LogP contribution in [0.2, 0.25) is 0 Å². The maximum atomic E-state index is 10.4. The van der Waals surface area contributed by atoms with Gasteiger partial charge in [0.05, 0.1) is 6.26 Å². The van der Waals surface area contributed by atoms with E-state index < -0.39 is 6.09 Å². The molecule has 58 valence electrons. The van der Waals surface area contributed by atoms with E-state index in [1.807, 2.05) is 0 Å². The summed E-state index contributed by atoms with van der Waals surface area (Å²) in [6.45, 7) is 3.68. The van der Waals surface area contributed by atoms with Crippen LogP contribution in [0, 0.1) is 0 Å². The quantitative estimate of drug-likeness (QED) is 0.440. The molecule has 0 saturated heterocycles. The predicted octanol–water partition coefficient (Wildman–Crippen LogP) is 0.238. The predicted molar refractivity (Wildman–Crippen MR) is 36.4 cm³/mol. The molecular weight excluding hydrogens is 134 g/mol. The average molecular weight is 145 g/mol. The average Bonchev–Trinajstić information content (AvgIpc) is 1.89. The summed E-state index contributed by atoms with van der Waals surface area (Å²) in [4.78, 5) is 10.4. The van der Waals surface area contributed by atoms with Crippen LogP contribution in [0.3, 0.4) is 0 Å². The number of aliphatic hydroxyl groups excluding tert-OH is 1. The van der Waals surface area contributed by atoms with E-state index in [9.17, 15) is 4.79 Å². The number of ether oxygens (including phenoxy) is 1. The summed E-state index contributed by atoms with van der Waals surface area (Å²) in [5.41, 5.74) is 0. The lowest BCUT2D eigenvalue weighted by atomic mass is 10.5. The second kappa shape index (κ2) is 6.10. The Labute approximate surface area is 59.5 Å². The van der Waals surface area contributed by atoms with Crippen molar-refractivity contribution in [3.8, 4) is 0 Å². The zero-order valence-corrected chi connectivity index (χ0v) is 5.67. The number of amides is 1. The van der Waals surface area contributed by atoms with Gasteiger partial charge in [-0.3, -0.25) is 0 Å². The van der Waals surface area contributed by atoms with Crippen LogP contribution in [0.5, 0.6) is 0 Å².